The van der Waals surface area contributed by atoms with E-state index in [1.807, 2.05) is 12.2 Å². The van der Waals surface area contributed by atoms with Crippen molar-refractivity contribution in [1.29, 1.82) is 0 Å². The maximum absolute atomic E-state index is 12.7. The standard InChI is InChI=1S/C43H66N7O17P3S/c1-4-5-6-7-8-9-10-11-12-13-14-15-16-17-18-19-20-21-22-23-34(52)71-27-26-45-33(51)24-25-46-41(55)38(54)43(2,3)29-64-70(61,62)67-69(59,60)63-28-32-37(66-68(56,57)58)36(53)42(65-32)50-31-49-35-39(44)47-30-48-40(35)50/h5-6,8-9,11-12,14-15,17-18,20-21,30-32,36-38,42,53-54H,4,7,10,13,16,19,22-29H2,1-3H3,(H,45,51)(H,46,55)(H,59,60)(H,61,62)(H2,44,47,48)(H2,56,57,58)/b6-5-,9-8-,12-11-,15-14-,18-17-,21-20-/t32-,36-,37-,38-,42-/m1/s1. The van der Waals surface area contributed by atoms with Crippen LogP contribution in [0.1, 0.15) is 84.8 Å². The Morgan fingerprint density at radius 2 is 1.42 bits per heavy atom. The largest absolute Gasteiger partial charge is 0.481 e. The number of hydrogen-bond acceptors (Lipinski definition) is 18. The van der Waals surface area contributed by atoms with Gasteiger partial charge in [0, 0.05) is 37.1 Å². The summed E-state index contributed by atoms with van der Waals surface area (Å²) in [6, 6.07) is 0. The van der Waals surface area contributed by atoms with E-state index in [0.717, 1.165) is 67.5 Å². The summed E-state index contributed by atoms with van der Waals surface area (Å²) in [5, 5.41) is 26.6. The van der Waals surface area contributed by atoms with Crippen molar-refractivity contribution in [3.05, 3.63) is 85.6 Å². The average molecular weight is 1080 g/mol. The second-order valence-corrected chi connectivity index (χ2v) is 21.6. The molecule has 1 aliphatic heterocycles. The lowest BCUT2D eigenvalue weighted by Gasteiger charge is -2.30. The maximum Gasteiger partial charge on any atom is 0.481 e. The van der Waals surface area contributed by atoms with Crippen molar-refractivity contribution in [2.45, 2.75) is 109 Å². The topological polar surface area (TPSA) is 364 Å². The first kappa shape index (κ1) is 61.3. The van der Waals surface area contributed by atoms with Crippen molar-refractivity contribution in [3.63, 3.8) is 0 Å². The number of carbonyl (C=O) groups excluding carboxylic acids is 3. The molecule has 24 nitrogen and oxygen atoms in total. The molecule has 0 spiro atoms. The molecular formula is C43H66N7O17P3S. The Bertz CT molecular complexity index is 2360. The van der Waals surface area contributed by atoms with Gasteiger partial charge in [-0.15, -0.1) is 0 Å². The number of nitrogens with one attached hydrogen (secondary N) is 2. The first-order valence-electron chi connectivity index (χ1n) is 22.5. The number of aromatic nitrogens is 4. The van der Waals surface area contributed by atoms with Crippen LogP contribution in [0.5, 0.6) is 0 Å². The van der Waals surface area contributed by atoms with E-state index in [1.165, 1.54) is 13.8 Å². The average Bonchev–Trinajstić information content (AvgIpc) is 3.86. The summed E-state index contributed by atoms with van der Waals surface area (Å²) in [5.74, 6) is -1.11. The molecular weight excluding hydrogens is 1010 g/mol. The number of aliphatic hydroxyl groups excluding tert-OH is 2. The summed E-state index contributed by atoms with van der Waals surface area (Å²) in [6.07, 6.45) is 24.9. The summed E-state index contributed by atoms with van der Waals surface area (Å²) in [6.45, 7) is 2.61. The Labute approximate surface area is 416 Å². The molecule has 2 aromatic rings. The molecule has 2 aromatic heterocycles. The van der Waals surface area contributed by atoms with Gasteiger partial charge in [-0.1, -0.05) is 105 Å². The number of nitrogen functional groups attached to an aromatic ring is 1. The lowest BCUT2D eigenvalue weighted by Crippen LogP contribution is -2.46. The monoisotopic (exact) mass is 1080 g/mol. The Morgan fingerprint density at radius 3 is 2.01 bits per heavy atom. The van der Waals surface area contributed by atoms with Crippen molar-refractivity contribution in [1.82, 2.24) is 30.2 Å². The highest BCUT2D eigenvalue weighted by molar-refractivity contribution is 8.13. The van der Waals surface area contributed by atoms with Gasteiger partial charge < -0.3 is 50.9 Å². The number of phosphoric acid groups is 3. The number of thioether (sulfide) groups is 1. The van der Waals surface area contributed by atoms with Crippen LogP contribution in [0.25, 0.3) is 11.2 Å². The second kappa shape index (κ2) is 30.9. The molecule has 28 heteroatoms. The van der Waals surface area contributed by atoms with Gasteiger partial charge in [0.15, 0.2) is 22.8 Å². The van der Waals surface area contributed by atoms with Crippen LogP contribution in [0.3, 0.4) is 0 Å². The molecule has 0 aliphatic carbocycles. The maximum atomic E-state index is 12.7. The number of nitrogens with two attached hydrogens (primary N) is 1. The molecule has 1 fully saturated rings. The highest BCUT2D eigenvalue weighted by Crippen LogP contribution is 2.61. The summed E-state index contributed by atoms with van der Waals surface area (Å²) in [4.78, 5) is 88.4. The van der Waals surface area contributed by atoms with Gasteiger partial charge in [-0.2, -0.15) is 4.31 Å². The fourth-order valence-electron chi connectivity index (χ4n) is 6.21. The third kappa shape index (κ3) is 23.6. The Balaban J connectivity index is 1.29. The molecule has 71 heavy (non-hydrogen) atoms. The number of phosphoric ester groups is 3. The number of amides is 2. The van der Waals surface area contributed by atoms with Gasteiger partial charge >= 0.3 is 23.5 Å². The van der Waals surface area contributed by atoms with Crippen molar-refractivity contribution in [3.8, 4) is 0 Å². The Hall–Kier alpha value is -4.00. The van der Waals surface area contributed by atoms with Crippen LogP contribution < -0.4 is 16.4 Å². The van der Waals surface area contributed by atoms with Crippen LogP contribution >= 0.6 is 35.2 Å². The molecule has 0 bridgehead atoms. The minimum absolute atomic E-state index is 0.0179. The highest BCUT2D eigenvalue weighted by atomic mass is 32.2. The number of nitrogens with zero attached hydrogens (tertiary/aromatic N) is 4. The van der Waals surface area contributed by atoms with E-state index >= 15 is 0 Å². The molecule has 0 aromatic carbocycles. The van der Waals surface area contributed by atoms with E-state index in [9.17, 15) is 57.9 Å². The number of hydrogen-bond donors (Lipinski definition) is 9. The van der Waals surface area contributed by atoms with E-state index in [1.54, 1.807) is 0 Å². The van der Waals surface area contributed by atoms with Gasteiger partial charge in [-0.05, 0) is 44.9 Å². The third-order valence-corrected chi connectivity index (χ3v) is 13.9. The number of imidazole rings is 1. The first-order valence-corrected chi connectivity index (χ1v) is 28.0. The van der Waals surface area contributed by atoms with Gasteiger partial charge in [0.1, 0.15) is 36.3 Å². The lowest BCUT2D eigenvalue weighted by molar-refractivity contribution is -0.137. The quantitative estimate of drug-likeness (QED) is 0.0254. The minimum atomic E-state index is -5.58. The molecule has 1 saturated heterocycles. The molecule has 2 amide bonds. The Morgan fingerprint density at radius 1 is 0.845 bits per heavy atom. The number of carbonyl (C=O) groups is 3. The third-order valence-electron chi connectivity index (χ3n) is 9.88. The zero-order valence-electron chi connectivity index (χ0n) is 39.7. The number of fused-ring (bicyclic) bond motifs is 1. The van der Waals surface area contributed by atoms with Crippen molar-refractivity contribution >= 4 is 69.1 Å². The van der Waals surface area contributed by atoms with Gasteiger partial charge in [0.2, 0.25) is 11.8 Å². The SMILES string of the molecule is CC/C=C\C/C=C\C/C=C\C/C=C\C/C=C\C/C=C\CCC(=O)SCCNC(=O)CCNC(=O)[C@@H](O)C(C)(C)COP(=O)(O)OP(=O)(O)OC[C@H]1O[C@@H](n2cnc3c(N)ncnc32)[C@H](O)[C@@H]1OP(=O)(O)O. The molecule has 396 valence electrons. The van der Waals surface area contributed by atoms with Gasteiger partial charge in [-0.3, -0.25) is 32.5 Å². The molecule has 7 atom stereocenters. The summed E-state index contributed by atoms with van der Waals surface area (Å²) in [7, 11) is -16.4. The smallest absolute Gasteiger partial charge is 0.386 e. The fraction of sp³-hybridized carbons (Fsp3) is 0.535. The van der Waals surface area contributed by atoms with E-state index in [0.29, 0.717) is 18.6 Å². The number of allylic oxidation sites excluding steroid dienone is 12. The second-order valence-electron chi connectivity index (χ2n) is 16.2. The van der Waals surface area contributed by atoms with Crippen LogP contribution in [0.4, 0.5) is 5.82 Å². The molecule has 10 N–H and O–H groups in total. The van der Waals surface area contributed by atoms with E-state index in [-0.39, 0.29) is 41.6 Å². The first-order chi connectivity index (χ1) is 33.6. The molecule has 1 aliphatic rings. The molecule has 3 rings (SSSR count). The van der Waals surface area contributed by atoms with Gasteiger partial charge in [0.25, 0.3) is 0 Å². The number of aliphatic hydroxyl groups is 2. The fourth-order valence-corrected chi connectivity index (χ4v) is 9.73. The van der Waals surface area contributed by atoms with Crippen molar-refractivity contribution in [2.75, 3.05) is 37.8 Å². The summed E-state index contributed by atoms with van der Waals surface area (Å²) < 4.78 is 62.4. The number of anilines is 1. The molecule has 0 radical (unpaired) electrons. The van der Waals surface area contributed by atoms with E-state index in [4.69, 9.17) is 19.5 Å². The predicted octanol–water partition coefficient (Wildman–Crippen LogP) is 5.14. The predicted molar refractivity (Wildman–Crippen MR) is 265 cm³/mol. The van der Waals surface area contributed by atoms with Gasteiger partial charge in [-0.25, -0.2) is 28.6 Å². The lowest BCUT2D eigenvalue weighted by atomic mass is 9.87. The zero-order valence-corrected chi connectivity index (χ0v) is 43.2. The van der Waals surface area contributed by atoms with Crippen LogP contribution in [-0.4, -0.2) is 123 Å². The minimum Gasteiger partial charge on any atom is -0.386 e. The van der Waals surface area contributed by atoms with E-state index < -0.39 is 84.6 Å². The molecule has 3 heterocycles. The zero-order chi connectivity index (χ0) is 52.5. The van der Waals surface area contributed by atoms with Crippen molar-refractivity contribution in [2.24, 2.45) is 5.41 Å². The van der Waals surface area contributed by atoms with E-state index in [2.05, 4.69) is 102 Å². The summed E-state index contributed by atoms with van der Waals surface area (Å²) in [5.41, 5.74) is 4.27. The van der Waals surface area contributed by atoms with Crippen LogP contribution in [-0.2, 0) is 50.7 Å². The van der Waals surface area contributed by atoms with Crippen molar-refractivity contribution < 1.29 is 80.5 Å². The summed E-state index contributed by atoms with van der Waals surface area (Å²) >= 11 is 1.09. The normalized spacial score (nSPS) is 20.3. The van der Waals surface area contributed by atoms with Crippen LogP contribution in [0, 0.1) is 5.41 Å². The Kier molecular flexibility index (Phi) is 26.7. The van der Waals surface area contributed by atoms with Crippen LogP contribution in [0.15, 0.2) is 85.6 Å². The highest BCUT2D eigenvalue weighted by Gasteiger charge is 2.50. The molecule has 2 unspecified atom stereocenters. The number of rotatable bonds is 33. The van der Waals surface area contributed by atoms with Crippen LogP contribution in [0.2, 0.25) is 0 Å². The number of ether oxygens (including phenoxy) is 1. The molecule has 0 saturated carbocycles. The van der Waals surface area contributed by atoms with Gasteiger partial charge in [0.05, 0.1) is 19.5 Å².